The molecule has 154 valence electrons. The van der Waals surface area contributed by atoms with E-state index in [1.165, 1.54) is 6.92 Å². The molecule has 8 heteroatoms. The summed E-state index contributed by atoms with van der Waals surface area (Å²) in [7, 11) is 0. The van der Waals surface area contributed by atoms with E-state index in [0.717, 1.165) is 11.1 Å². The molecular weight excluding hydrogens is 397 g/mol. The van der Waals surface area contributed by atoms with Crippen molar-refractivity contribution < 1.29 is 27.4 Å². The summed E-state index contributed by atoms with van der Waals surface area (Å²) in [6.45, 7) is 1.32. The minimum Gasteiger partial charge on any atom is -0.463 e. The third kappa shape index (κ3) is 4.01. The van der Waals surface area contributed by atoms with Crippen molar-refractivity contribution in [3.8, 4) is 17.2 Å². The number of carbonyl (C=O) groups excluding carboxylic acids is 1. The standard InChI is InChI=1S/C22H17F3N2O3/c1-2-29-21(28)18-17(16(12-26)20(27)30-19(18)22(23,24)25)15-10-8-14(9-11-15)13-6-4-3-5-7-13/h3-11,17H,2,27H2,1H3/t17-/m0/s1. The fraction of sp³-hybridized carbons (Fsp3) is 0.182. The fourth-order valence-corrected chi connectivity index (χ4v) is 3.22. The summed E-state index contributed by atoms with van der Waals surface area (Å²) in [6.07, 6.45) is -5.00. The smallest absolute Gasteiger partial charge is 0.450 e. The molecule has 1 aliphatic rings. The van der Waals surface area contributed by atoms with Crippen LogP contribution in [0.3, 0.4) is 0 Å². The van der Waals surface area contributed by atoms with E-state index in [1.807, 2.05) is 30.3 Å². The van der Waals surface area contributed by atoms with E-state index in [1.54, 1.807) is 30.3 Å². The summed E-state index contributed by atoms with van der Waals surface area (Å²) in [5.41, 5.74) is 6.52. The number of ether oxygens (including phenoxy) is 2. The van der Waals surface area contributed by atoms with Crippen molar-refractivity contribution in [2.45, 2.75) is 19.0 Å². The van der Waals surface area contributed by atoms with Gasteiger partial charge in [-0.3, -0.25) is 0 Å². The Morgan fingerprint density at radius 1 is 1.13 bits per heavy atom. The maximum absolute atomic E-state index is 13.6. The Kier molecular flexibility index (Phi) is 5.83. The molecule has 0 amide bonds. The first-order chi connectivity index (χ1) is 14.3. The number of allylic oxidation sites excluding steroid dienone is 2. The van der Waals surface area contributed by atoms with E-state index in [0.29, 0.717) is 0 Å². The van der Waals surface area contributed by atoms with Gasteiger partial charge >= 0.3 is 12.1 Å². The van der Waals surface area contributed by atoms with Gasteiger partial charge in [-0.25, -0.2) is 4.79 Å². The van der Waals surface area contributed by atoms with Gasteiger partial charge in [-0.05, 0) is 23.6 Å². The summed E-state index contributed by atoms with van der Waals surface area (Å²) in [5.74, 6) is -4.86. The molecule has 2 aromatic carbocycles. The second-order valence-corrected chi connectivity index (χ2v) is 6.37. The predicted octanol–water partition coefficient (Wildman–Crippen LogP) is 4.54. The van der Waals surface area contributed by atoms with Crippen molar-refractivity contribution in [1.82, 2.24) is 0 Å². The number of hydrogen-bond acceptors (Lipinski definition) is 5. The van der Waals surface area contributed by atoms with Crippen LogP contribution in [0, 0.1) is 11.3 Å². The van der Waals surface area contributed by atoms with Gasteiger partial charge < -0.3 is 15.2 Å². The van der Waals surface area contributed by atoms with E-state index < -0.39 is 35.3 Å². The fourth-order valence-electron chi connectivity index (χ4n) is 3.22. The van der Waals surface area contributed by atoms with Gasteiger partial charge in [0.05, 0.1) is 18.1 Å². The van der Waals surface area contributed by atoms with E-state index >= 15 is 0 Å². The van der Waals surface area contributed by atoms with Crippen molar-refractivity contribution >= 4 is 5.97 Å². The number of carbonyl (C=O) groups is 1. The highest BCUT2D eigenvalue weighted by atomic mass is 19.4. The van der Waals surface area contributed by atoms with Gasteiger partial charge in [0.1, 0.15) is 11.6 Å². The van der Waals surface area contributed by atoms with Crippen LogP contribution in [0.5, 0.6) is 0 Å². The Morgan fingerprint density at radius 3 is 2.27 bits per heavy atom. The number of nitrogens with two attached hydrogens (primary N) is 1. The zero-order valence-corrected chi connectivity index (χ0v) is 15.9. The lowest BCUT2D eigenvalue weighted by molar-refractivity contribution is -0.145. The van der Waals surface area contributed by atoms with Crippen LogP contribution in [0.15, 0.2) is 77.4 Å². The summed E-state index contributed by atoms with van der Waals surface area (Å²) in [5, 5.41) is 9.52. The topological polar surface area (TPSA) is 85.3 Å². The Hall–Kier alpha value is -3.73. The first-order valence-corrected chi connectivity index (χ1v) is 8.99. The van der Waals surface area contributed by atoms with Crippen LogP contribution in [0.1, 0.15) is 18.4 Å². The molecule has 0 fully saturated rings. The lowest BCUT2D eigenvalue weighted by Crippen LogP contribution is -2.31. The van der Waals surface area contributed by atoms with Gasteiger partial charge in [0.2, 0.25) is 11.6 Å². The minimum atomic E-state index is -5.00. The highest BCUT2D eigenvalue weighted by Gasteiger charge is 2.48. The Morgan fingerprint density at radius 2 is 1.73 bits per heavy atom. The lowest BCUT2D eigenvalue weighted by atomic mass is 9.82. The predicted molar refractivity (Wildman–Crippen MR) is 102 cm³/mol. The van der Waals surface area contributed by atoms with E-state index in [2.05, 4.69) is 4.74 Å². The number of esters is 1. The second-order valence-electron chi connectivity index (χ2n) is 6.37. The number of nitriles is 1. The number of benzene rings is 2. The molecule has 0 saturated heterocycles. The van der Waals surface area contributed by atoms with Gasteiger partial charge in [0, 0.05) is 0 Å². The van der Waals surface area contributed by atoms with Crippen LogP contribution in [0.25, 0.3) is 11.1 Å². The number of alkyl halides is 3. The molecule has 30 heavy (non-hydrogen) atoms. The largest absolute Gasteiger partial charge is 0.463 e. The van der Waals surface area contributed by atoms with Crippen LogP contribution in [0.4, 0.5) is 13.2 Å². The Balaban J connectivity index is 2.16. The van der Waals surface area contributed by atoms with E-state index in [4.69, 9.17) is 10.5 Å². The molecule has 2 aromatic rings. The molecule has 0 saturated carbocycles. The minimum absolute atomic E-state index is 0.145. The number of rotatable bonds is 4. The zero-order chi connectivity index (χ0) is 21.9. The first kappa shape index (κ1) is 21.0. The Bertz CT molecular complexity index is 1050. The molecule has 5 nitrogen and oxygen atoms in total. The zero-order valence-electron chi connectivity index (χ0n) is 15.9. The van der Waals surface area contributed by atoms with Gasteiger partial charge in [0.15, 0.2) is 0 Å². The lowest BCUT2D eigenvalue weighted by Gasteiger charge is -2.28. The first-order valence-electron chi connectivity index (χ1n) is 8.99. The molecule has 0 unspecified atom stereocenters. The summed E-state index contributed by atoms with van der Waals surface area (Å²) in [6, 6.07) is 17.6. The summed E-state index contributed by atoms with van der Waals surface area (Å²) >= 11 is 0. The van der Waals surface area contributed by atoms with Crippen molar-refractivity contribution in [3.63, 3.8) is 0 Å². The molecule has 2 N–H and O–H groups in total. The van der Waals surface area contributed by atoms with Crippen molar-refractivity contribution in [1.29, 1.82) is 5.26 Å². The van der Waals surface area contributed by atoms with Crippen molar-refractivity contribution in [2.24, 2.45) is 5.73 Å². The average molecular weight is 414 g/mol. The third-order valence-electron chi connectivity index (χ3n) is 4.52. The third-order valence-corrected chi connectivity index (χ3v) is 4.52. The molecule has 1 atom stereocenters. The normalized spacial score (nSPS) is 16.7. The number of halogens is 3. The molecule has 0 aliphatic carbocycles. The molecular formula is C22H17F3N2O3. The van der Waals surface area contributed by atoms with Crippen molar-refractivity contribution in [2.75, 3.05) is 6.61 Å². The number of nitrogens with zero attached hydrogens (tertiary/aromatic N) is 1. The quantitative estimate of drug-likeness (QED) is 0.743. The van der Waals surface area contributed by atoms with Crippen LogP contribution in [-0.4, -0.2) is 18.8 Å². The average Bonchev–Trinajstić information content (AvgIpc) is 2.73. The number of hydrogen-bond donors (Lipinski definition) is 1. The van der Waals surface area contributed by atoms with Crippen LogP contribution in [0.2, 0.25) is 0 Å². The monoisotopic (exact) mass is 414 g/mol. The molecule has 0 radical (unpaired) electrons. The highest BCUT2D eigenvalue weighted by Crippen LogP contribution is 2.44. The molecule has 0 spiro atoms. The SMILES string of the molecule is CCOC(=O)C1=C(C(F)(F)F)OC(N)=C(C#N)[C@@H]1c1ccc(-c2ccccc2)cc1. The molecule has 1 aliphatic heterocycles. The molecule has 3 rings (SSSR count). The second kappa shape index (κ2) is 8.33. The van der Waals surface area contributed by atoms with Crippen LogP contribution < -0.4 is 5.73 Å². The molecule has 0 aromatic heterocycles. The Labute approximate surface area is 170 Å². The van der Waals surface area contributed by atoms with Gasteiger partial charge in [-0.2, -0.15) is 18.4 Å². The van der Waals surface area contributed by atoms with Gasteiger partial charge in [-0.15, -0.1) is 0 Å². The van der Waals surface area contributed by atoms with Crippen molar-refractivity contribution in [3.05, 3.63) is 82.9 Å². The van der Waals surface area contributed by atoms with E-state index in [9.17, 15) is 23.2 Å². The summed E-state index contributed by atoms with van der Waals surface area (Å²) in [4.78, 5) is 12.5. The van der Waals surface area contributed by atoms with Crippen LogP contribution >= 0.6 is 0 Å². The highest BCUT2D eigenvalue weighted by molar-refractivity contribution is 5.93. The van der Waals surface area contributed by atoms with Gasteiger partial charge in [-0.1, -0.05) is 54.6 Å². The van der Waals surface area contributed by atoms with E-state index in [-0.39, 0.29) is 17.7 Å². The summed E-state index contributed by atoms with van der Waals surface area (Å²) < 4.78 is 50.4. The maximum atomic E-state index is 13.6. The molecule has 0 bridgehead atoms. The van der Waals surface area contributed by atoms with Gasteiger partial charge in [0.25, 0.3) is 0 Å². The van der Waals surface area contributed by atoms with Crippen LogP contribution in [-0.2, 0) is 14.3 Å². The maximum Gasteiger partial charge on any atom is 0.450 e. The molecule has 1 heterocycles.